The van der Waals surface area contributed by atoms with Crippen LogP contribution in [0.15, 0.2) is 47.5 Å². The first-order chi connectivity index (χ1) is 11.7. The van der Waals surface area contributed by atoms with Crippen LogP contribution in [-0.4, -0.2) is 26.3 Å². The number of benzene rings is 2. The van der Waals surface area contributed by atoms with E-state index in [1.807, 2.05) is 24.3 Å². The predicted molar refractivity (Wildman–Crippen MR) is 90.9 cm³/mol. The Labute approximate surface area is 140 Å². The van der Waals surface area contributed by atoms with Crippen molar-refractivity contribution >= 4 is 5.96 Å². The smallest absolute Gasteiger partial charge is 0.231 e. The molecule has 0 aromatic heterocycles. The van der Waals surface area contributed by atoms with E-state index in [2.05, 4.69) is 15.6 Å². The summed E-state index contributed by atoms with van der Waals surface area (Å²) in [6.07, 6.45) is 0.831. The minimum absolute atomic E-state index is 0.236. The van der Waals surface area contributed by atoms with Crippen LogP contribution in [0.4, 0.5) is 4.39 Å². The molecule has 2 N–H and O–H groups in total. The van der Waals surface area contributed by atoms with Crippen LogP contribution in [0.3, 0.4) is 0 Å². The highest BCUT2D eigenvalue weighted by molar-refractivity contribution is 5.79. The van der Waals surface area contributed by atoms with E-state index in [0.717, 1.165) is 35.6 Å². The standard InChI is InChI=1S/C18H20FN3O2/c1-20-18(22-11-14-3-2-4-15(19)9-14)21-8-7-13-5-6-16-17(10-13)24-12-23-16/h2-6,9-10H,7-8,11-12H2,1H3,(H2,20,21,22). The molecule has 0 spiro atoms. The Morgan fingerprint density at radius 2 is 1.96 bits per heavy atom. The first-order valence-electron chi connectivity index (χ1n) is 7.82. The molecule has 1 aliphatic rings. The summed E-state index contributed by atoms with van der Waals surface area (Å²) in [6.45, 7) is 1.53. The van der Waals surface area contributed by atoms with E-state index in [1.54, 1.807) is 13.1 Å². The van der Waals surface area contributed by atoms with E-state index in [0.29, 0.717) is 12.5 Å². The van der Waals surface area contributed by atoms with E-state index in [9.17, 15) is 4.39 Å². The van der Waals surface area contributed by atoms with Crippen LogP contribution in [0.25, 0.3) is 0 Å². The normalized spacial score (nSPS) is 13.0. The van der Waals surface area contributed by atoms with Crippen LogP contribution >= 0.6 is 0 Å². The molecule has 0 bridgehead atoms. The molecule has 2 aromatic carbocycles. The van der Waals surface area contributed by atoms with Gasteiger partial charge in [-0.2, -0.15) is 0 Å². The lowest BCUT2D eigenvalue weighted by Gasteiger charge is -2.12. The summed E-state index contributed by atoms with van der Waals surface area (Å²) in [5.41, 5.74) is 2.03. The van der Waals surface area contributed by atoms with Gasteiger partial charge in [-0.3, -0.25) is 4.99 Å². The Morgan fingerprint density at radius 1 is 1.08 bits per heavy atom. The zero-order valence-electron chi connectivity index (χ0n) is 13.5. The summed E-state index contributed by atoms with van der Waals surface area (Å²) in [7, 11) is 1.71. The van der Waals surface area contributed by atoms with Crippen LogP contribution in [-0.2, 0) is 13.0 Å². The Kier molecular flexibility index (Phi) is 5.15. The summed E-state index contributed by atoms with van der Waals surface area (Å²) in [5.74, 6) is 2.03. The molecular weight excluding hydrogens is 309 g/mol. The Bertz CT molecular complexity index is 734. The number of nitrogens with zero attached hydrogens (tertiary/aromatic N) is 1. The molecule has 6 heteroatoms. The molecule has 0 saturated carbocycles. The maximum atomic E-state index is 13.2. The van der Waals surface area contributed by atoms with Crippen molar-refractivity contribution in [3.8, 4) is 11.5 Å². The molecule has 5 nitrogen and oxygen atoms in total. The van der Waals surface area contributed by atoms with E-state index in [1.165, 1.54) is 12.1 Å². The van der Waals surface area contributed by atoms with Gasteiger partial charge in [0, 0.05) is 20.1 Å². The van der Waals surface area contributed by atoms with Crippen molar-refractivity contribution in [3.63, 3.8) is 0 Å². The van der Waals surface area contributed by atoms with Gasteiger partial charge in [-0.25, -0.2) is 4.39 Å². The molecule has 0 radical (unpaired) electrons. The molecule has 24 heavy (non-hydrogen) atoms. The number of ether oxygens (including phenoxy) is 2. The van der Waals surface area contributed by atoms with Crippen LogP contribution in [0.5, 0.6) is 11.5 Å². The first kappa shape index (κ1) is 16.1. The number of halogens is 1. The lowest BCUT2D eigenvalue weighted by atomic mass is 10.1. The number of nitrogens with one attached hydrogen (secondary N) is 2. The molecule has 0 unspecified atom stereocenters. The second-order valence-corrected chi connectivity index (χ2v) is 5.42. The molecule has 1 aliphatic heterocycles. The molecule has 0 amide bonds. The predicted octanol–water partition coefficient (Wildman–Crippen LogP) is 2.46. The average molecular weight is 329 g/mol. The molecule has 0 atom stereocenters. The van der Waals surface area contributed by atoms with Gasteiger partial charge in [-0.15, -0.1) is 0 Å². The largest absolute Gasteiger partial charge is 0.454 e. The fraction of sp³-hybridized carbons (Fsp3) is 0.278. The maximum Gasteiger partial charge on any atom is 0.231 e. The van der Waals surface area contributed by atoms with Crippen molar-refractivity contribution in [2.24, 2.45) is 4.99 Å². The average Bonchev–Trinajstić information content (AvgIpc) is 3.05. The summed E-state index contributed by atoms with van der Waals surface area (Å²) < 4.78 is 23.8. The number of fused-ring (bicyclic) bond motifs is 1. The van der Waals surface area contributed by atoms with Gasteiger partial charge in [0.15, 0.2) is 17.5 Å². The van der Waals surface area contributed by atoms with Gasteiger partial charge in [0.05, 0.1) is 0 Å². The van der Waals surface area contributed by atoms with E-state index in [4.69, 9.17) is 9.47 Å². The Morgan fingerprint density at radius 3 is 2.79 bits per heavy atom. The molecule has 126 valence electrons. The van der Waals surface area contributed by atoms with Gasteiger partial charge < -0.3 is 20.1 Å². The lowest BCUT2D eigenvalue weighted by molar-refractivity contribution is 0.174. The maximum absolute atomic E-state index is 13.2. The molecule has 1 heterocycles. The minimum atomic E-state index is -0.236. The quantitative estimate of drug-likeness (QED) is 0.654. The molecule has 0 aliphatic carbocycles. The van der Waals surface area contributed by atoms with E-state index < -0.39 is 0 Å². The monoisotopic (exact) mass is 329 g/mol. The van der Waals surface area contributed by atoms with Gasteiger partial charge in [-0.05, 0) is 41.8 Å². The van der Waals surface area contributed by atoms with Gasteiger partial charge in [0.2, 0.25) is 6.79 Å². The van der Waals surface area contributed by atoms with Crippen LogP contribution in [0.1, 0.15) is 11.1 Å². The summed E-state index contributed by atoms with van der Waals surface area (Å²) >= 11 is 0. The lowest BCUT2D eigenvalue weighted by Crippen LogP contribution is -2.37. The molecular formula is C18H20FN3O2. The third-order valence-corrected chi connectivity index (χ3v) is 3.72. The van der Waals surface area contributed by atoms with Crippen molar-refractivity contribution in [2.45, 2.75) is 13.0 Å². The summed E-state index contributed by atoms with van der Waals surface area (Å²) in [5, 5.41) is 6.41. The van der Waals surface area contributed by atoms with Crippen LogP contribution in [0, 0.1) is 5.82 Å². The van der Waals surface area contributed by atoms with Crippen molar-refractivity contribution < 1.29 is 13.9 Å². The van der Waals surface area contributed by atoms with Crippen molar-refractivity contribution in [3.05, 3.63) is 59.4 Å². The number of aliphatic imine (C=N–C) groups is 1. The summed E-state index contributed by atoms with van der Waals surface area (Å²) in [6, 6.07) is 12.5. The third kappa shape index (κ3) is 4.16. The van der Waals surface area contributed by atoms with Crippen LogP contribution in [0.2, 0.25) is 0 Å². The molecule has 0 saturated heterocycles. The fourth-order valence-corrected chi connectivity index (χ4v) is 2.48. The van der Waals surface area contributed by atoms with Gasteiger partial charge >= 0.3 is 0 Å². The Balaban J connectivity index is 1.46. The number of guanidine groups is 1. The van der Waals surface area contributed by atoms with E-state index >= 15 is 0 Å². The van der Waals surface area contributed by atoms with Gasteiger partial charge in [0.25, 0.3) is 0 Å². The van der Waals surface area contributed by atoms with E-state index in [-0.39, 0.29) is 12.6 Å². The second-order valence-electron chi connectivity index (χ2n) is 5.42. The molecule has 3 rings (SSSR count). The van der Waals surface area contributed by atoms with Crippen LogP contribution < -0.4 is 20.1 Å². The Hall–Kier alpha value is -2.76. The fourth-order valence-electron chi connectivity index (χ4n) is 2.48. The highest BCUT2D eigenvalue weighted by Crippen LogP contribution is 2.32. The number of hydrogen-bond donors (Lipinski definition) is 2. The minimum Gasteiger partial charge on any atom is -0.454 e. The van der Waals surface area contributed by atoms with Gasteiger partial charge in [-0.1, -0.05) is 18.2 Å². The van der Waals surface area contributed by atoms with Gasteiger partial charge in [0.1, 0.15) is 5.82 Å². The zero-order valence-corrected chi connectivity index (χ0v) is 13.5. The van der Waals surface area contributed by atoms with Crippen molar-refractivity contribution in [2.75, 3.05) is 20.4 Å². The van der Waals surface area contributed by atoms with Crippen molar-refractivity contribution in [1.29, 1.82) is 0 Å². The SMILES string of the molecule is CN=C(NCCc1ccc2c(c1)OCO2)NCc1cccc(F)c1. The highest BCUT2D eigenvalue weighted by Gasteiger charge is 2.12. The molecule has 0 fully saturated rings. The zero-order chi connectivity index (χ0) is 16.8. The van der Waals surface area contributed by atoms with Crippen molar-refractivity contribution in [1.82, 2.24) is 10.6 Å². The first-order valence-corrected chi connectivity index (χ1v) is 7.82. The second kappa shape index (κ2) is 7.68. The number of rotatable bonds is 5. The topological polar surface area (TPSA) is 54.9 Å². The summed E-state index contributed by atoms with van der Waals surface area (Å²) in [4.78, 5) is 4.17. The third-order valence-electron chi connectivity index (χ3n) is 3.72. The molecule has 2 aromatic rings. The highest BCUT2D eigenvalue weighted by atomic mass is 19.1. The number of hydrogen-bond acceptors (Lipinski definition) is 3.